The number of nitrogens with zero attached hydrogens (tertiary/aromatic N) is 1. The average Bonchev–Trinajstić information content (AvgIpc) is 3.42. The minimum Gasteiger partial charge on any atom is -0.406 e. The van der Waals surface area contributed by atoms with Gasteiger partial charge in [-0.25, -0.2) is 0 Å². The molecule has 7 heteroatoms. The average molecular weight is 576 g/mol. The molecule has 1 atom stereocenters. The van der Waals surface area contributed by atoms with Crippen molar-refractivity contribution < 1.29 is 17.9 Å². The fourth-order valence-electron chi connectivity index (χ4n) is 4.15. The van der Waals surface area contributed by atoms with E-state index >= 15 is 0 Å². The molecule has 230 valence electrons. The van der Waals surface area contributed by atoms with Gasteiger partial charge in [-0.2, -0.15) is 0 Å². The van der Waals surface area contributed by atoms with E-state index in [1.165, 1.54) is 29.6 Å². The molecule has 0 bridgehead atoms. The fourth-order valence-corrected chi connectivity index (χ4v) is 4.15. The number of halogens is 3. The lowest BCUT2D eigenvalue weighted by molar-refractivity contribution is -0.274. The number of nitrogens with two attached hydrogens (primary N) is 2. The van der Waals surface area contributed by atoms with E-state index < -0.39 is 6.36 Å². The van der Waals surface area contributed by atoms with E-state index in [2.05, 4.69) is 85.2 Å². The van der Waals surface area contributed by atoms with Gasteiger partial charge in [0.25, 0.3) is 0 Å². The van der Waals surface area contributed by atoms with E-state index in [1.54, 1.807) is 12.1 Å². The Bertz CT molecular complexity index is 997. The lowest BCUT2D eigenvalue weighted by Crippen LogP contribution is -2.19. The molecule has 0 saturated carbocycles. The third kappa shape index (κ3) is 17.9. The zero-order chi connectivity index (χ0) is 31.3. The molecule has 1 unspecified atom stereocenters. The van der Waals surface area contributed by atoms with Crippen LogP contribution in [-0.4, -0.2) is 19.5 Å². The van der Waals surface area contributed by atoms with Crippen molar-refractivity contribution in [1.29, 1.82) is 0 Å². The zero-order valence-electron chi connectivity index (χ0n) is 25.9. The molecule has 1 fully saturated rings. The Morgan fingerprint density at radius 1 is 1.07 bits per heavy atom. The van der Waals surface area contributed by atoms with Crippen molar-refractivity contribution in [3.63, 3.8) is 0 Å². The van der Waals surface area contributed by atoms with E-state index in [1.807, 2.05) is 20.8 Å². The van der Waals surface area contributed by atoms with E-state index in [0.717, 1.165) is 62.4 Å². The summed E-state index contributed by atoms with van der Waals surface area (Å²) < 4.78 is 40.7. The Balaban J connectivity index is 0.00000125. The molecular weight excluding hydrogens is 523 g/mol. The highest BCUT2D eigenvalue weighted by atomic mass is 19.4. The molecule has 1 aliphatic heterocycles. The smallest absolute Gasteiger partial charge is 0.406 e. The van der Waals surface area contributed by atoms with E-state index in [0.29, 0.717) is 5.92 Å². The van der Waals surface area contributed by atoms with E-state index in [4.69, 9.17) is 5.73 Å². The summed E-state index contributed by atoms with van der Waals surface area (Å²) in [7, 11) is 0. The van der Waals surface area contributed by atoms with Gasteiger partial charge in [-0.15, -0.1) is 13.2 Å². The van der Waals surface area contributed by atoms with Crippen LogP contribution in [0, 0.1) is 11.8 Å². The largest absolute Gasteiger partial charge is 0.573 e. The van der Waals surface area contributed by atoms with Gasteiger partial charge in [0.1, 0.15) is 5.75 Å². The Morgan fingerprint density at radius 3 is 2.10 bits per heavy atom. The minimum absolute atomic E-state index is 0.172. The van der Waals surface area contributed by atoms with Crippen LogP contribution in [0.25, 0.3) is 0 Å². The molecule has 4 nitrogen and oxygen atoms in total. The number of hydrogen-bond acceptors (Lipinski definition) is 4. The molecule has 0 aromatic heterocycles. The van der Waals surface area contributed by atoms with Crippen LogP contribution in [0.4, 0.5) is 18.9 Å². The first-order valence-electron chi connectivity index (χ1n) is 14.6. The van der Waals surface area contributed by atoms with Crippen molar-refractivity contribution in [3.05, 3.63) is 96.4 Å². The summed E-state index contributed by atoms with van der Waals surface area (Å²) >= 11 is 0. The van der Waals surface area contributed by atoms with Crippen molar-refractivity contribution in [2.24, 2.45) is 23.3 Å². The molecule has 0 amide bonds. The lowest BCUT2D eigenvalue weighted by atomic mass is 9.99. The third-order valence-corrected chi connectivity index (χ3v) is 6.17. The standard InChI is InChI=1S/C24H29F3N2O.C6H12.C2H5N.C2H6/c1-2-21(28)10-5-19-6-11-22(12-7-19)29-16-15-20(17-29)4-3-18-8-13-23(14-9-18)30-24(25,26)27;1-4-5-6(2)3;1-2-3;1-2/h6-14,20H,2-5,15-17,28H2,1H3;4-6H,1-3H3;2H,1,3H2;1-2H3/b21-10+;5-4-;;. The summed E-state index contributed by atoms with van der Waals surface area (Å²) in [5.41, 5.74) is 14.9. The number of alkyl halides is 3. The molecule has 2 aromatic rings. The quantitative estimate of drug-likeness (QED) is 0.293. The maximum atomic E-state index is 12.2. The van der Waals surface area contributed by atoms with Crippen LogP contribution in [0.5, 0.6) is 5.75 Å². The van der Waals surface area contributed by atoms with Gasteiger partial charge >= 0.3 is 6.36 Å². The second kappa shape index (κ2) is 21.4. The number of ether oxygens (including phenoxy) is 1. The molecule has 41 heavy (non-hydrogen) atoms. The summed E-state index contributed by atoms with van der Waals surface area (Å²) in [5, 5.41) is 0. The Kier molecular flexibility index (Phi) is 19.7. The number of benzene rings is 2. The topological polar surface area (TPSA) is 64.5 Å². The predicted octanol–water partition coefficient (Wildman–Crippen LogP) is 9.17. The van der Waals surface area contributed by atoms with Crippen LogP contribution in [0.1, 0.15) is 71.9 Å². The second-order valence-electron chi connectivity index (χ2n) is 9.84. The number of rotatable bonds is 9. The SMILES string of the molecule is C/C=C\C(C)C.C=CN.CC.CC/C(N)=C\Cc1ccc(N2CCC(CCc3ccc(OC(F)(F)F)cc3)C2)cc1. The highest BCUT2D eigenvalue weighted by Gasteiger charge is 2.31. The molecule has 1 aliphatic rings. The van der Waals surface area contributed by atoms with Crippen molar-refractivity contribution in [3.8, 4) is 5.75 Å². The summed E-state index contributed by atoms with van der Waals surface area (Å²) in [4.78, 5) is 2.41. The zero-order valence-corrected chi connectivity index (χ0v) is 25.9. The first kappa shape index (κ1) is 37.6. The highest BCUT2D eigenvalue weighted by Crippen LogP contribution is 2.28. The molecule has 4 N–H and O–H groups in total. The van der Waals surface area contributed by atoms with Gasteiger partial charge in [0.15, 0.2) is 0 Å². The molecule has 1 saturated heterocycles. The van der Waals surface area contributed by atoms with Crippen LogP contribution >= 0.6 is 0 Å². The van der Waals surface area contributed by atoms with Crippen molar-refractivity contribution in [2.45, 2.75) is 80.0 Å². The number of hydrogen-bond donors (Lipinski definition) is 2. The van der Waals surface area contributed by atoms with Crippen LogP contribution in [0.2, 0.25) is 0 Å². The Hall–Kier alpha value is -3.35. The van der Waals surface area contributed by atoms with Gasteiger partial charge in [-0.3, -0.25) is 0 Å². The molecule has 0 radical (unpaired) electrons. The lowest BCUT2D eigenvalue weighted by Gasteiger charge is -2.19. The summed E-state index contributed by atoms with van der Waals surface area (Å²) in [6, 6.07) is 14.9. The second-order valence-corrected chi connectivity index (χ2v) is 9.84. The van der Waals surface area contributed by atoms with Gasteiger partial charge in [-0.1, -0.05) is 83.7 Å². The highest BCUT2D eigenvalue weighted by molar-refractivity contribution is 5.48. The van der Waals surface area contributed by atoms with Gasteiger partial charge < -0.3 is 21.1 Å². The molecule has 1 heterocycles. The van der Waals surface area contributed by atoms with E-state index in [9.17, 15) is 13.2 Å². The molecule has 3 rings (SSSR count). The van der Waals surface area contributed by atoms with E-state index in [-0.39, 0.29) is 5.75 Å². The number of anilines is 1. The maximum absolute atomic E-state index is 12.2. The Morgan fingerprint density at radius 2 is 1.63 bits per heavy atom. The normalized spacial score (nSPS) is 14.8. The van der Waals surface area contributed by atoms with Crippen molar-refractivity contribution in [2.75, 3.05) is 18.0 Å². The monoisotopic (exact) mass is 575 g/mol. The molecule has 2 aromatic carbocycles. The first-order chi connectivity index (χ1) is 19.5. The molecule has 0 spiro atoms. The summed E-state index contributed by atoms with van der Waals surface area (Å²) in [6.07, 6.45) is 7.66. The van der Waals surface area contributed by atoms with Gasteiger partial charge in [0.05, 0.1) is 0 Å². The first-order valence-corrected chi connectivity index (χ1v) is 14.6. The van der Waals surface area contributed by atoms with Gasteiger partial charge in [0.2, 0.25) is 0 Å². The minimum atomic E-state index is -4.65. The summed E-state index contributed by atoms with van der Waals surface area (Å²) in [5.74, 6) is 1.13. The van der Waals surface area contributed by atoms with Crippen LogP contribution in [-0.2, 0) is 12.8 Å². The van der Waals surface area contributed by atoms with Crippen LogP contribution in [0.3, 0.4) is 0 Å². The van der Waals surface area contributed by atoms with Crippen LogP contribution in [0.15, 0.2) is 85.2 Å². The molecule has 0 aliphatic carbocycles. The Labute approximate surface area is 247 Å². The maximum Gasteiger partial charge on any atom is 0.573 e. The third-order valence-electron chi connectivity index (χ3n) is 6.17. The van der Waals surface area contributed by atoms with Crippen molar-refractivity contribution in [1.82, 2.24) is 0 Å². The predicted molar refractivity (Wildman–Crippen MR) is 170 cm³/mol. The summed E-state index contributed by atoms with van der Waals surface area (Å²) in [6.45, 7) is 17.6. The number of allylic oxidation sites excluding steroid dienone is 4. The van der Waals surface area contributed by atoms with Gasteiger partial charge in [-0.05, 0) is 92.5 Å². The van der Waals surface area contributed by atoms with Gasteiger partial charge in [0, 0.05) is 24.5 Å². The fraction of sp³-hybridized carbons (Fsp3) is 0.471. The van der Waals surface area contributed by atoms with Crippen LogP contribution < -0.4 is 21.1 Å². The van der Waals surface area contributed by atoms with Crippen molar-refractivity contribution >= 4 is 5.69 Å². The number of aryl methyl sites for hydroxylation is 1. The molecular formula is C34H52F3N3O.